The Morgan fingerprint density at radius 3 is 2.14 bits per heavy atom. The molecule has 0 aliphatic carbocycles. The highest BCUT2D eigenvalue weighted by Crippen LogP contribution is 2.14. The van der Waals surface area contributed by atoms with Crippen LogP contribution in [0.25, 0.3) is 10.8 Å². The first-order valence-electron chi connectivity index (χ1n) is 9.02. The average molecular weight is 387 g/mol. The molecular weight excluding hydrogens is 362 g/mol. The van der Waals surface area contributed by atoms with Gasteiger partial charge in [-0.25, -0.2) is 4.68 Å². The molecule has 2 rings (SSSR count). The second-order valence-electron chi connectivity index (χ2n) is 7.10. The molecule has 0 saturated heterocycles. The molecule has 9 nitrogen and oxygen atoms in total. The average Bonchev–Trinajstić information content (AvgIpc) is 2.63. The number of fused-ring (bicyclic) bond motifs is 1. The largest absolute Gasteiger partial charge is 0.344 e. The van der Waals surface area contributed by atoms with Gasteiger partial charge in [-0.2, -0.15) is 5.10 Å². The molecule has 1 aromatic carbocycles. The quantitative estimate of drug-likeness (QED) is 0.658. The Morgan fingerprint density at radius 1 is 1.00 bits per heavy atom. The predicted octanol–water partition coefficient (Wildman–Crippen LogP) is 0.899. The van der Waals surface area contributed by atoms with Crippen molar-refractivity contribution in [2.24, 2.45) is 5.92 Å². The molecule has 0 spiro atoms. The van der Waals surface area contributed by atoms with Gasteiger partial charge in [0.25, 0.3) is 17.4 Å². The number of hydrogen-bond donors (Lipinski definition) is 3. The lowest BCUT2D eigenvalue weighted by atomic mass is 10.0. The van der Waals surface area contributed by atoms with Crippen LogP contribution in [0.4, 0.5) is 0 Å². The second kappa shape index (κ2) is 8.64. The zero-order chi connectivity index (χ0) is 21.0. The van der Waals surface area contributed by atoms with Crippen LogP contribution in [0.1, 0.15) is 51.1 Å². The van der Waals surface area contributed by atoms with Crippen molar-refractivity contribution in [2.45, 2.75) is 46.7 Å². The van der Waals surface area contributed by atoms with Crippen molar-refractivity contribution in [1.82, 2.24) is 25.9 Å². The summed E-state index contributed by atoms with van der Waals surface area (Å²) in [7, 11) is 0. The third-order valence-electron chi connectivity index (χ3n) is 4.14. The molecule has 1 atom stereocenters. The molecule has 9 heteroatoms. The van der Waals surface area contributed by atoms with Gasteiger partial charge < -0.3 is 5.32 Å². The Bertz CT molecular complexity index is 964. The van der Waals surface area contributed by atoms with E-state index in [-0.39, 0.29) is 29.1 Å². The van der Waals surface area contributed by atoms with E-state index in [0.717, 1.165) is 0 Å². The molecule has 1 heterocycles. The molecule has 150 valence electrons. The van der Waals surface area contributed by atoms with E-state index in [2.05, 4.69) is 21.3 Å². The van der Waals surface area contributed by atoms with Crippen molar-refractivity contribution in [2.75, 3.05) is 0 Å². The fraction of sp³-hybridized carbons (Fsp3) is 0.421. The molecule has 2 aromatic rings. The molecule has 1 unspecified atom stereocenters. The van der Waals surface area contributed by atoms with Crippen molar-refractivity contribution >= 4 is 28.5 Å². The topological polar surface area (TPSA) is 122 Å². The smallest absolute Gasteiger partial charge is 0.290 e. The lowest BCUT2D eigenvalue weighted by molar-refractivity contribution is -0.129. The minimum absolute atomic E-state index is 0.0184. The number of hydrazine groups is 1. The van der Waals surface area contributed by atoms with E-state index in [4.69, 9.17) is 0 Å². The standard InChI is InChI=1S/C19H25N5O4/c1-10(2)15(20-12(5)25)17(26)21-22-18(27)16-13-8-6-7-9-14(13)19(28)24(23-16)11(3)4/h6-11,15H,1-5H3,(H,20,25)(H,21,26)(H,22,27). The van der Waals surface area contributed by atoms with E-state index in [1.165, 1.54) is 11.6 Å². The Hall–Kier alpha value is -3.23. The zero-order valence-corrected chi connectivity index (χ0v) is 16.6. The first-order chi connectivity index (χ1) is 13.1. The van der Waals surface area contributed by atoms with Crippen LogP contribution >= 0.6 is 0 Å². The lowest BCUT2D eigenvalue weighted by Crippen LogP contribution is -2.54. The van der Waals surface area contributed by atoms with Gasteiger partial charge in [-0.15, -0.1) is 0 Å². The Balaban J connectivity index is 2.31. The van der Waals surface area contributed by atoms with Crippen LogP contribution in [-0.2, 0) is 9.59 Å². The number of nitrogens with one attached hydrogen (secondary N) is 3. The molecule has 0 bridgehead atoms. The number of carbonyl (C=O) groups excluding carboxylic acids is 3. The molecule has 28 heavy (non-hydrogen) atoms. The molecule has 0 fully saturated rings. The van der Waals surface area contributed by atoms with Gasteiger partial charge in [-0.05, 0) is 25.8 Å². The van der Waals surface area contributed by atoms with E-state index in [9.17, 15) is 19.2 Å². The van der Waals surface area contributed by atoms with Gasteiger partial charge in [-0.3, -0.25) is 30.0 Å². The van der Waals surface area contributed by atoms with E-state index in [1.54, 1.807) is 52.0 Å². The molecule has 0 saturated carbocycles. The summed E-state index contributed by atoms with van der Waals surface area (Å²) in [5, 5.41) is 7.47. The Labute approximate surface area is 162 Å². The Kier molecular flexibility index (Phi) is 6.50. The molecular formula is C19H25N5O4. The predicted molar refractivity (Wildman–Crippen MR) is 104 cm³/mol. The van der Waals surface area contributed by atoms with Gasteiger partial charge >= 0.3 is 0 Å². The van der Waals surface area contributed by atoms with Crippen LogP contribution in [-0.4, -0.2) is 33.5 Å². The van der Waals surface area contributed by atoms with E-state index in [0.29, 0.717) is 10.8 Å². The van der Waals surface area contributed by atoms with Crippen LogP contribution in [0.3, 0.4) is 0 Å². The lowest BCUT2D eigenvalue weighted by Gasteiger charge is -2.21. The fourth-order valence-corrected chi connectivity index (χ4v) is 2.73. The van der Waals surface area contributed by atoms with E-state index in [1.807, 2.05) is 0 Å². The van der Waals surface area contributed by atoms with Crippen LogP contribution in [0.15, 0.2) is 29.1 Å². The first kappa shape index (κ1) is 21.1. The summed E-state index contributed by atoms with van der Waals surface area (Å²) >= 11 is 0. The molecule has 3 N–H and O–H groups in total. The SMILES string of the molecule is CC(=O)NC(C(=O)NNC(=O)c1nn(C(C)C)c(=O)c2ccccc12)C(C)C. The van der Waals surface area contributed by atoms with Gasteiger partial charge in [-0.1, -0.05) is 32.0 Å². The van der Waals surface area contributed by atoms with Crippen molar-refractivity contribution in [1.29, 1.82) is 0 Å². The summed E-state index contributed by atoms with van der Waals surface area (Å²) in [6.45, 7) is 8.43. The van der Waals surface area contributed by atoms with Gasteiger partial charge in [0.15, 0.2) is 5.69 Å². The number of hydrogen-bond acceptors (Lipinski definition) is 5. The van der Waals surface area contributed by atoms with Gasteiger partial charge in [0.05, 0.1) is 11.4 Å². The van der Waals surface area contributed by atoms with E-state index >= 15 is 0 Å². The normalized spacial score (nSPS) is 12.1. The number of nitrogens with zero attached hydrogens (tertiary/aromatic N) is 2. The van der Waals surface area contributed by atoms with Crippen molar-refractivity contribution in [3.63, 3.8) is 0 Å². The van der Waals surface area contributed by atoms with E-state index < -0.39 is 17.9 Å². The number of rotatable bonds is 5. The number of carbonyl (C=O) groups is 3. The summed E-state index contributed by atoms with van der Waals surface area (Å²) < 4.78 is 1.23. The molecule has 1 aromatic heterocycles. The number of amides is 3. The second-order valence-corrected chi connectivity index (χ2v) is 7.10. The van der Waals surface area contributed by atoms with Gasteiger partial charge in [0.1, 0.15) is 6.04 Å². The summed E-state index contributed by atoms with van der Waals surface area (Å²) in [6, 6.07) is 5.61. The first-order valence-corrected chi connectivity index (χ1v) is 9.02. The minimum atomic E-state index is -0.799. The molecule has 3 amide bonds. The maximum absolute atomic E-state index is 12.7. The number of aromatic nitrogens is 2. The maximum Gasteiger partial charge on any atom is 0.290 e. The van der Waals surface area contributed by atoms with Crippen LogP contribution in [0.2, 0.25) is 0 Å². The van der Waals surface area contributed by atoms with Crippen LogP contribution < -0.4 is 21.7 Å². The summed E-state index contributed by atoms with van der Waals surface area (Å²) in [4.78, 5) is 48.8. The van der Waals surface area contributed by atoms with Crippen molar-refractivity contribution < 1.29 is 14.4 Å². The van der Waals surface area contributed by atoms with Crippen molar-refractivity contribution in [3.8, 4) is 0 Å². The monoisotopic (exact) mass is 387 g/mol. The number of benzene rings is 1. The Morgan fingerprint density at radius 2 is 1.61 bits per heavy atom. The van der Waals surface area contributed by atoms with Gasteiger partial charge in [0.2, 0.25) is 5.91 Å². The molecule has 0 aliphatic rings. The summed E-state index contributed by atoms with van der Waals surface area (Å²) in [5.41, 5.74) is 4.36. The zero-order valence-electron chi connectivity index (χ0n) is 16.6. The van der Waals surface area contributed by atoms with Crippen LogP contribution in [0, 0.1) is 5.92 Å². The molecule has 0 radical (unpaired) electrons. The highest BCUT2D eigenvalue weighted by atomic mass is 16.2. The third kappa shape index (κ3) is 4.54. The van der Waals surface area contributed by atoms with Crippen molar-refractivity contribution in [3.05, 3.63) is 40.3 Å². The van der Waals surface area contributed by atoms with Crippen LogP contribution in [0.5, 0.6) is 0 Å². The highest BCUT2D eigenvalue weighted by molar-refractivity contribution is 6.05. The highest BCUT2D eigenvalue weighted by Gasteiger charge is 2.24. The maximum atomic E-state index is 12.7. The molecule has 0 aliphatic heterocycles. The van der Waals surface area contributed by atoms with Gasteiger partial charge in [0, 0.05) is 12.3 Å². The minimum Gasteiger partial charge on any atom is -0.344 e. The fourth-order valence-electron chi connectivity index (χ4n) is 2.73. The summed E-state index contributed by atoms with van der Waals surface area (Å²) in [5.74, 6) is -1.75. The third-order valence-corrected chi connectivity index (χ3v) is 4.14. The summed E-state index contributed by atoms with van der Waals surface area (Å²) in [6.07, 6.45) is 0.